The van der Waals surface area contributed by atoms with Gasteiger partial charge in [0, 0.05) is 41.2 Å². The third kappa shape index (κ3) is 3.26. The van der Waals surface area contributed by atoms with E-state index in [-0.39, 0.29) is 5.03 Å². The van der Waals surface area contributed by atoms with Crippen LogP contribution in [0, 0.1) is 17.1 Å². The Morgan fingerprint density at radius 2 is 2.17 bits per heavy atom. The maximum Gasteiger partial charge on any atom is 0.155 e. The van der Waals surface area contributed by atoms with Crippen LogP contribution in [0.15, 0.2) is 59.1 Å². The van der Waals surface area contributed by atoms with Crippen molar-refractivity contribution in [2.24, 2.45) is 0 Å². The number of hydrogen-bond acceptors (Lipinski definition) is 6. The molecule has 0 saturated carbocycles. The number of fused-ring (bicyclic) bond motifs is 1. The third-order valence-electron chi connectivity index (χ3n) is 4.97. The van der Waals surface area contributed by atoms with Gasteiger partial charge in [-0.1, -0.05) is 11.8 Å². The highest BCUT2D eigenvalue weighted by molar-refractivity contribution is 7.99. The summed E-state index contributed by atoms with van der Waals surface area (Å²) in [5.41, 5.74) is 2.90. The number of hydrogen-bond donors (Lipinski definition) is 1. The molecule has 1 saturated heterocycles. The highest BCUT2D eigenvalue weighted by Gasteiger charge is 2.19. The van der Waals surface area contributed by atoms with Gasteiger partial charge >= 0.3 is 0 Å². The predicted molar refractivity (Wildman–Crippen MR) is 106 cm³/mol. The van der Waals surface area contributed by atoms with E-state index in [1.165, 1.54) is 24.0 Å². The lowest BCUT2D eigenvalue weighted by Crippen LogP contribution is -2.13. The second-order valence-electron chi connectivity index (χ2n) is 6.80. The zero-order chi connectivity index (χ0) is 19.8. The largest absolute Gasteiger partial charge is 0.315 e. The molecule has 1 aliphatic heterocycles. The van der Waals surface area contributed by atoms with Crippen LogP contribution in [0.25, 0.3) is 16.6 Å². The molecule has 144 valence electrons. The Morgan fingerprint density at radius 3 is 2.97 bits per heavy atom. The molecule has 5 heterocycles. The van der Waals surface area contributed by atoms with Gasteiger partial charge < -0.3 is 5.32 Å². The Balaban J connectivity index is 1.60. The minimum absolute atomic E-state index is 0.254. The summed E-state index contributed by atoms with van der Waals surface area (Å²) >= 11 is 1.18. The Kier molecular flexibility index (Phi) is 4.50. The van der Waals surface area contributed by atoms with E-state index in [4.69, 9.17) is 0 Å². The molecule has 1 N–H and O–H groups in total. The standard InChI is InChI=1S/C20H16FN7S/c21-17-2-1-4-24-20(17)29-18-6-13(11-28-19(18)14(7-22)8-26-28)15-9-25-27(12-15)16-3-5-23-10-16/h1-2,4,6,8-9,11-12,16,23H,3,5,10H2/t16-/m0/s1. The molecular formula is C20H16FN7S. The first-order chi connectivity index (χ1) is 14.2. The van der Waals surface area contributed by atoms with Crippen LogP contribution in [0.1, 0.15) is 18.0 Å². The van der Waals surface area contributed by atoms with Crippen molar-refractivity contribution in [2.45, 2.75) is 22.4 Å². The van der Waals surface area contributed by atoms with Crippen LogP contribution in [0.3, 0.4) is 0 Å². The fourth-order valence-corrected chi connectivity index (χ4v) is 4.48. The fraction of sp³-hybridized carbons (Fsp3) is 0.200. The van der Waals surface area contributed by atoms with Crippen LogP contribution in [-0.4, -0.2) is 37.5 Å². The molecule has 0 unspecified atom stereocenters. The summed E-state index contributed by atoms with van der Waals surface area (Å²) in [6.45, 7) is 1.90. The Morgan fingerprint density at radius 1 is 1.24 bits per heavy atom. The molecule has 0 bridgehead atoms. The van der Waals surface area contributed by atoms with Crippen molar-refractivity contribution < 1.29 is 4.39 Å². The Bertz CT molecular complexity index is 1230. The van der Waals surface area contributed by atoms with Crippen molar-refractivity contribution in [3.8, 4) is 17.2 Å². The van der Waals surface area contributed by atoms with Crippen molar-refractivity contribution >= 4 is 17.3 Å². The van der Waals surface area contributed by atoms with Crippen LogP contribution in [-0.2, 0) is 0 Å². The summed E-state index contributed by atoms with van der Waals surface area (Å²) in [4.78, 5) is 4.84. The smallest absolute Gasteiger partial charge is 0.155 e. The average molecular weight is 405 g/mol. The summed E-state index contributed by atoms with van der Waals surface area (Å²) in [5, 5.41) is 21.9. The van der Waals surface area contributed by atoms with Crippen molar-refractivity contribution in [3.63, 3.8) is 0 Å². The lowest BCUT2D eigenvalue weighted by Gasteiger charge is -2.09. The number of nitriles is 1. The van der Waals surface area contributed by atoms with Gasteiger partial charge in [0.2, 0.25) is 0 Å². The molecular weight excluding hydrogens is 389 g/mol. The number of halogens is 1. The van der Waals surface area contributed by atoms with E-state index in [1.807, 2.05) is 29.3 Å². The number of aromatic nitrogens is 5. The van der Waals surface area contributed by atoms with Gasteiger partial charge in [0.1, 0.15) is 11.1 Å². The van der Waals surface area contributed by atoms with Gasteiger partial charge in [0.05, 0.1) is 29.5 Å². The van der Waals surface area contributed by atoms with E-state index in [2.05, 4.69) is 26.6 Å². The van der Waals surface area contributed by atoms with E-state index in [0.717, 1.165) is 30.6 Å². The first kappa shape index (κ1) is 17.8. The minimum atomic E-state index is -0.402. The Hall–Kier alpha value is -3.22. The molecule has 5 rings (SSSR count). The summed E-state index contributed by atoms with van der Waals surface area (Å²) < 4.78 is 17.8. The SMILES string of the molecule is N#Cc1cnn2cc(-c3cnn([C@H]4CCNC4)c3)cc(Sc3ncccc3F)c12. The third-order valence-corrected chi connectivity index (χ3v) is 6.00. The van der Waals surface area contributed by atoms with E-state index < -0.39 is 5.82 Å². The molecule has 4 aromatic heterocycles. The lowest BCUT2D eigenvalue weighted by molar-refractivity contribution is 0.491. The van der Waals surface area contributed by atoms with Gasteiger partial charge in [-0.3, -0.25) is 4.68 Å². The maximum atomic E-state index is 14.2. The van der Waals surface area contributed by atoms with Gasteiger partial charge in [-0.25, -0.2) is 13.9 Å². The molecule has 0 amide bonds. The number of nitrogens with zero attached hydrogens (tertiary/aromatic N) is 6. The molecule has 4 aromatic rings. The molecule has 29 heavy (non-hydrogen) atoms. The van der Waals surface area contributed by atoms with Crippen LogP contribution in [0.5, 0.6) is 0 Å². The summed E-state index contributed by atoms with van der Waals surface area (Å²) in [7, 11) is 0. The van der Waals surface area contributed by atoms with E-state index in [9.17, 15) is 9.65 Å². The summed E-state index contributed by atoms with van der Waals surface area (Å²) in [6.07, 6.45) is 9.82. The average Bonchev–Trinajstić information content (AvgIpc) is 3.49. The lowest BCUT2D eigenvalue weighted by atomic mass is 10.1. The van der Waals surface area contributed by atoms with Gasteiger partial charge in [-0.2, -0.15) is 15.5 Å². The second kappa shape index (κ2) is 7.31. The minimum Gasteiger partial charge on any atom is -0.315 e. The topological polar surface area (TPSA) is 83.8 Å². The molecule has 1 aliphatic rings. The highest BCUT2D eigenvalue weighted by Crippen LogP contribution is 2.36. The molecule has 0 aliphatic carbocycles. The van der Waals surface area contributed by atoms with Gasteiger partial charge in [0.15, 0.2) is 5.82 Å². The van der Waals surface area contributed by atoms with Crippen LogP contribution in [0.4, 0.5) is 4.39 Å². The predicted octanol–water partition coefficient (Wildman–Crippen LogP) is 3.29. The summed E-state index contributed by atoms with van der Waals surface area (Å²) in [6, 6.07) is 7.36. The molecule has 0 radical (unpaired) electrons. The number of rotatable bonds is 4. The Labute approximate surface area is 170 Å². The summed E-state index contributed by atoms with van der Waals surface area (Å²) in [5.74, 6) is -0.402. The van der Waals surface area contributed by atoms with Crippen molar-refractivity contribution in [3.05, 3.63) is 60.6 Å². The van der Waals surface area contributed by atoms with Crippen molar-refractivity contribution in [1.82, 2.24) is 29.7 Å². The maximum absolute atomic E-state index is 14.2. The molecule has 1 fully saturated rings. The second-order valence-corrected chi connectivity index (χ2v) is 7.83. The van der Waals surface area contributed by atoms with Crippen LogP contribution < -0.4 is 5.32 Å². The zero-order valence-electron chi connectivity index (χ0n) is 15.3. The fourth-order valence-electron chi connectivity index (χ4n) is 3.50. The van der Waals surface area contributed by atoms with Gasteiger partial charge in [-0.05, 0) is 31.2 Å². The van der Waals surface area contributed by atoms with Crippen LogP contribution in [0.2, 0.25) is 0 Å². The highest BCUT2D eigenvalue weighted by atomic mass is 32.2. The van der Waals surface area contributed by atoms with Crippen molar-refractivity contribution in [1.29, 1.82) is 5.26 Å². The van der Waals surface area contributed by atoms with Crippen molar-refractivity contribution in [2.75, 3.05) is 13.1 Å². The van der Waals surface area contributed by atoms with Crippen LogP contribution >= 0.6 is 11.8 Å². The molecule has 0 spiro atoms. The van der Waals surface area contributed by atoms with E-state index in [0.29, 0.717) is 22.0 Å². The van der Waals surface area contributed by atoms with E-state index in [1.54, 1.807) is 16.8 Å². The first-order valence-electron chi connectivity index (χ1n) is 9.18. The molecule has 9 heteroatoms. The normalized spacial score (nSPS) is 16.3. The molecule has 7 nitrogen and oxygen atoms in total. The first-order valence-corrected chi connectivity index (χ1v) is 9.99. The number of nitrogens with one attached hydrogen (secondary N) is 1. The zero-order valence-corrected chi connectivity index (χ0v) is 16.1. The molecule has 1 atom stereocenters. The number of pyridine rings is 2. The molecule has 0 aromatic carbocycles. The van der Waals surface area contributed by atoms with E-state index >= 15 is 0 Å². The monoisotopic (exact) mass is 405 g/mol. The quantitative estimate of drug-likeness (QED) is 0.561. The van der Waals surface area contributed by atoms with Gasteiger partial charge in [-0.15, -0.1) is 0 Å². The van der Waals surface area contributed by atoms with Gasteiger partial charge in [0.25, 0.3) is 0 Å².